The molecule has 0 aromatic heterocycles. The number of carboxylic acids is 2. The number of rotatable bonds is 4. The highest BCUT2D eigenvalue weighted by molar-refractivity contribution is 5.68. The largest absolute Gasteiger partial charge is 0.481 e. The third-order valence-electron chi connectivity index (χ3n) is 7.86. The van der Waals surface area contributed by atoms with Crippen molar-refractivity contribution in [1.29, 1.82) is 0 Å². The van der Waals surface area contributed by atoms with E-state index in [0.717, 1.165) is 36.5 Å². The lowest BCUT2D eigenvalue weighted by Gasteiger charge is -2.44. The maximum absolute atomic E-state index is 11.2. The zero-order valence-corrected chi connectivity index (χ0v) is 11.3. The van der Waals surface area contributed by atoms with E-state index in [1.807, 2.05) is 0 Å². The molecule has 108 valence electrons. The Balaban J connectivity index is 1.50. The summed E-state index contributed by atoms with van der Waals surface area (Å²) in [7, 11) is 0. The SMILES string of the molecule is O=C(O)CC1[C@@H]2C[C@H]3C4C2C2C4[C@@H](C[C@@H]21)C3CC(=O)O. The van der Waals surface area contributed by atoms with E-state index in [2.05, 4.69) is 0 Å². The van der Waals surface area contributed by atoms with Crippen molar-refractivity contribution in [3.63, 3.8) is 0 Å². The molecule has 0 radical (unpaired) electrons. The third kappa shape index (κ3) is 1.09. The van der Waals surface area contributed by atoms with E-state index in [4.69, 9.17) is 0 Å². The van der Waals surface area contributed by atoms with Gasteiger partial charge in [0.15, 0.2) is 0 Å². The standard InChI is InChI=1S/C16H20O4/c17-11(18)3-5-7-1-8-6(4-12(19)20)10-2-9(5)15-13(7)14(8)16(10)15/h5-10,13-16H,1-4H2,(H,17,18)(H,19,20)/t5?,6?,7-,8+,9+,10-,13?,14?,15?,16?. The van der Waals surface area contributed by atoms with Gasteiger partial charge >= 0.3 is 11.9 Å². The normalized spacial score (nSPS) is 59.8. The predicted octanol–water partition coefficient (Wildman–Crippen LogP) is 1.95. The molecule has 4 nitrogen and oxygen atoms in total. The van der Waals surface area contributed by atoms with Gasteiger partial charge in [-0.2, -0.15) is 0 Å². The molecule has 5 aliphatic rings. The minimum absolute atomic E-state index is 0.352. The summed E-state index contributed by atoms with van der Waals surface area (Å²) in [4.78, 5) is 22.3. The summed E-state index contributed by atoms with van der Waals surface area (Å²) in [5.41, 5.74) is 0. The fourth-order valence-corrected chi connectivity index (χ4v) is 7.91. The fraction of sp³-hybridized carbons (Fsp3) is 0.875. The van der Waals surface area contributed by atoms with Gasteiger partial charge in [-0.15, -0.1) is 0 Å². The summed E-state index contributed by atoms with van der Waals surface area (Å²) < 4.78 is 0. The summed E-state index contributed by atoms with van der Waals surface area (Å²) in [6, 6.07) is 0. The van der Waals surface area contributed by atoms with E-state index in [1.165, 1.54) is 0 Å². The summed E-state index contributed by atoms with van der Waals surface area (Å²) >= 11 is 0. The summed E-state index contributed by atoms with van der Waals surface area (Å²) in [6.07, 6.45) is 2.96. The van der Waals surface area contributed by atoms with Crippen LogP contribution in [0.4, 0.5) is 0 Å². The van der Waals surface area contributed by atoms with E-state index >= 15 is 0 Å². The molecule has 0 spiro atoms. The van der Waals surface area contributed by atoms with Crippen LogP contribution in [0.3, 0.4) is 0 Å². The Bertz CT molecular complexity index is 433. The first-order valence-corrected chi connectivity index (χ1v) is 8.01. The first-order chi connectivity index (χ1) is 9.58. The molecule has 6 atom stereocenters. The quantitative estimate of drug-likeness (QED) is 0.823. The lowest BCUT2D eigenvalue weighted by atomic mass is 9.60. The van der Waals surface area contributed by atoms with Gasteiger partial charge in [0.1, 0.15) is 0 Å². The Labute approximate surface area is 117 Å². The summed E-state index contributed by atoms with van der Waals surface area (Å²) in [5.74, 6) is 4.99. The smallest absolute Gasteiger partial charge is 0.303 e. The molecule has 2 unspecified atom stereocenters. The predicted molar refractivity (Wildman–Crippen MR) is 68.6 cm³/mol. The first-order valence-electron chi connectivity index (χ1n) is 8.01. The van der Waals surface area contributed by atoms with Crippen LogP contribution in [0, 0.1) is 59.2 Å². The summed E-state index contributed by atoms with van der Waals surface area (Å²) in [6.45, 7) is 0. The van der Waals surface area contributed by atoms with Crippen LogP contribution in [0.25, 0.3) is 0 Å². The van der Waals surface area contributed by atoms with Crippen LogP contribution in [0.5, 0.6) is 0 Å². The van der Waals surface area contributed by atoms with Gasteiger partial charge in [0.25, 0.3) is 0 Å². The molecule has 5 saturated carbocycles. The second-order valence-electron chi connectivity index (χ2n) is 7.96. The minimum atomic E-state index is -0.640. The second-order valence-corrected chi connectivity index (χ2v) is 7.96. The van der Waals surface area contributed by atoms with Crippen molar-refractivity contribution in [1.82, 2.24) is 0 Å². The minimum Gasteiger partial charge on any atom is -0.481 e. The van der Waals surface area contributed by atoms with Crippen LogP contribution in [0.2, 0.25) is 0 Å². The number of carboxylic acid groups (broad SMARTS) is 2. The van der Waals surface area contributed by atoms with Gasteiger partial charge in [0, 0.05) is 12.8 Å². The highest BCUT2D eigenvalue weighted by atomic mass is 16.4. The van der Waals surface area contributed by atoms with Gasteiger partial charge < -0.3 is 10.2 Å². The van der Waals surface area contributed by atoms with E-state index in [1.54, 1.807) is 0 Å². The van der Waals surface area contributed by atoms with Crippen molar-refractivity contribution >= 4 is 11.9 Å². The molecular weight excluding hydrogens is 256 g/mol. The third-order valence-corrected chi connectivity index (χ3v) is 7.86. The molecule has 4 heteroatoms. The molecule has 5 fully saturated rings. The Kier molecular flexibility index (Phi) is 1.97. The van der Waals surface area contributed by atoms with Crippen molar-refractivity contribution in [3.05, 3.63) is 0 Å². The maximum atomic E-state index is 11.2. The molecule has 5 aliphatic carbocycles. The van der Waals surface area contributed by atoms with Crippen LogP contribution in [-0.4, -0.2) is 22.2 Å². The molecule has 0 amide bonds. The molecule has 0 saturated heterocycles. The van der Waals surface area contributed by atoms with Crippen molar-refractivity contribution in [2.45, 2.75) is 25.7 Å². The molecule has 0 bridgehead atoms. The zero-order chi connectivity index (χ0) is 13.8. The van der Waals surface area contributed by atoms with Crippen molar-refractivity contribution in [2.75, 3.05) is 0 Å². The molecule has 0 aromatic carbocycles. The molecule has 0 aromatic rings. The summed E-state index contributed by atoms with van der Waals surface area (Å²) in [5, 5.41) is 18.4. The topological polar surface area (TPSA) is 74.6 Å². The number of carbonyl (C=O) groups is 2. The van der Waals surface area contributed by atoms with Gasteiger partial charge in [-0.05, 0) is 72.0 Å². The van der Waals surface area contributed by atoms with Crippen LogP contribution < -0.4 is 0 Å². The van der Waals surface area contributed by atoms with E-state index in [-0.39, 0.29) is 0 Å². The van der Waals surface area contributed by atoms with E-state index in [0.29, 0.717) is 48.3 Å². The Hall–Kier alpha value is -1.06. The number of aliphatic carboxylic acids is 2. The van der Waals surface area contributed by atoms with E-state index < -0.39 is 11.9 Å². The fourth-order valence-electron chi connectivity index (χ4n) is 7.91. The Morgan fingerprint density at radius 2 is 1.00 bits per heavy atom. The lowest BCUT2D eigenvalue weighted by molar-refractivity contribution is -0.139. The van der Waals surface area contributed by atoms with Crippen LogP contribution in [-0.2, 0) is 9.59 Å². The van der Waals surface area contributed by atoms with Crippen LogP contribution in [0.15, 0.2) is 0 Å². The first kappa shape index (κ1) is 11.6. The van der Waals surface area contributed by atoms with Crippen molar-refractivity contribution in [3.8, 4) is 0 Å². The monoisotopic (exact) mass is 276 g/mol. The molecule has 2 N–H and O–H groups in total. The number of hydrogen-bond acceptors (Lipinski definition) is 2. The Morgan fingerprint density at radius 1 is 0.700 bits per heavy atom. The highest BCUT2D eigenvalue weighted by Gasteiger charge is 2.78. The van der Waals surface area contributed by atoms with Crippen molar-refractivity contribution < 1.29 is 19.8 Å². The average Bonchev–Trinajstić information content (AvgIpc) is 2.91. The highest BCUT2D eigenvalue weighted by Crippen LogP contribution is 2.83. The van der Waals surface area contributed by atoms with Crippen molar-refractivity contribution in [2.24, 2.45) is 59.2 Å². The van der Waals surface area contributed by atoms with Crippen LogP contribution >= 0.6 is 0 Å². The lowest BCUT2D eigenvalue weighted by Crippen LogP contribution is -2.41. The second kappa shape index (κ2) is 3.40. The maximum Gasteiger partial charge on any atom is 0.303 e. The number of hydrogen-bond donors (Lipinski definition) is 2. The van der Waals surface area contributed by atoms with Gasteiger partial charge in [0.2, 0.25) is 0 Å². The molecule has 0 heterocycles. The van der Waals surface area contributed by atoms with Gasteiger partial charge in [-0.1, -0.05) is 0 Å². The zero-order valence-electron chi connectivity index (χ0n) is 11.3. The Morgan fingerprint density at radius 3 is 1.25 bits per heavy atom. The van der Waals surface area contributed by atoms with Gasteiger partial charge in [-0.25, -0.2) is 0 Å². The van der Waals surface area contributed by atoms with E-state index in [9.17, 15) is 19.8 Å². The molecular formula is C16H20O4. The molecule has 0 aliphatic heterocycles. The molecule has 5 rings (SSSR count). The van der Waals surface area contributed by atoms with Crippen LogP contribution in [0.1, 0.15) is 25.7 Å². The van der Waals surface area contributed by atoms with Gasteiger partial charge in [-0.3, -0.25) is 9.59 Å². The average molecular weight is 276 g/mol. The van der Waals surface area contributed by atoms with Gasteiger partial charge in [0.05, 0.1) is 0 Å². The molecule has 20 heavy (non-hydrogen) atoms.